The molecule has 9 heteroatoms. The van der Waals surface area contributed by atoms with Crippen molar-refractivity contribution in [1.29, 1.82) is 0 Å². The number of halogens is 1. The van der Waals surface area contributed by atoms with E-state index in [0.717, 1.165) is 16.6 Å². The number of thiophene rings is 1. The molecule has 0 saturated carbocycles. The van der Waals surface area contributed by atoms with Crippen molar-refractivity contribution in [2.75, 3.05) is 5.32 Å². The zero-order valence-electron chi connectivity index (χ0n) is 12.3. The number of benzene rings is 1. The minimum Gasteiger partial charge on any atom is -0.298 e. The SMILES string of the molecule is Cc1ccc(-c2csc(NC(=O)c3ccc(Cl)cc3[N+](=O)[O-])n2)s1. The molecule has 0 fully saturated rings. The first-order valence-corrected chi connectivity index (χ1v) is 8.79. The zero-order valence-corrected chi connectivity index (χ0v) is 14.7. The van der Waals surface area contributed by atoms with Crippen molar-refractivity contribution in [3.05, 3.63) is 61.3 Å². The van der Waals surface area contributed by atoms with Crippen molar-refractivity contribution in [3.8, 4) is 10.6 Å². The molecule has 1 aromatic carbocycles. The number of carbonyl (C=O) groups is 1. The van der Waals surface area contributed by atoms with Crippen LogP contribution < -0.4 is 5.32 Å². The van der Waals surface area contributed by atoms with Crippen LogP contribution in [0.15, 0.2) is 35.7 Å². The monoisotopic (exact) mass is 379 g/mol. The van der Waals surface area contributed by atoms with Gasteiger partial charge in [-0.15, -0.1) is 22.7 Å². The molecule has 122 valence electrons. The van der Waals surface area contributed by atoms with Gasteiger partial charge in [0.25, 0.3) is 11.6 Å². The van der Waals surface area contributed by atoms with E-state index in [0.29, 0.717) is 5.13 Å². The number of hydrogen-bond donors (Lipinski definition) is 1. The van der Waals surface area contributed by atoms with Gasteiger partial charge in [-0.05, 0) is 31.2 Å². The van der Waals surface area contributed by atoms with Gasteiger partial charge in [0.15, 0.2) is 5.13 Å². The lowest BCUT2D eigenvalue weighted by atomic mass is 10.1. The van der Waals surface area contributed by atoms with Gasteiger partial charge in [0, 0.05) is 21.3 Å². The number of nitro groups is 1. The molecule has 0 spiro atoms. The third kappa shape index (κ3) is 3.45. The normalized spacial score (nSPS) is 10.6. The number of rotatable bonds is 4. The summed E-state index contributed by atoms with van der Waals surface area (Å²) in [6.45, 7) is 2.00. The summed E-state index contributed by atoms with van der Waals surface area (Å²) >= 11 is 8.62. The Kier molecular flexibility index (Phi) is 4.61. The van der Waals surface area contributed by atoms with E-state index in [1.807, 2.05) is 24.4 Å². The van der Waals surface area contributed by atoms with Crippen LogP contribution in [0.2, 0.25) is 5.02 Å². The molecule has 0 bridgehead atoms. The third-order valence-corrected chi connectivity index (χ3v) is 5.13. The van der Waals surface area contributed by atoms with Crippen molar-refractivity contribution >= 4 is 51.0 Å². The van der Waals surface area contributed by atoms with E-state index in [1.165, 1.54) is 28.3 Å². The molecule has 0 atom stereocenters. The first-order chi connectivity index (χ1) is 11.4. The van der Waals surface area contributed by atoms with Crippen molar-refractivity contribution in [2.24, 2.45) is 0 Å². The predicted octanol–water partition coefficient (Wildman–Crippen LogP) is 4.99. The molecule has 1 amide bonds. The number of hydrogen-bond acceptors (Lipinski definition) is 6. The summed E-state index contributed by atoms with van der Waals surface area (Å²) in [6.07, 6.45) is 0. The minimum absolute atomic E-state index is 0.0619. The smallest absolute Gasteiger partial charge is 0.283 e. The van der Waals surface area contributed by atoms with Crippen LogP contribution in [-0.4, -0.2) is 15.8 Å². The highest BCUT2D eigenvalue weighted by atomic mass is 35.5. The van der Waals surface area contributed by atoms with Gasteiger partial charge in [-0.2, -0.15) is 0 Å². The highest BCUT2D eigenvalue weighted by molar-refractivity contribution is 7.17. The van der Waals surface area contributed by atoms with Gasteiger partial charge in [-0.1, -0.05) is 11.6 Å². The molecule has 0 aliphatic rings. The standard InChI is InChI=1S/C15H10ClN3O3S2/c1-8-2-5-13(24-8)11-7-23-15(17-11)18-14(20)10-4-3-9(16)6-12(10)19(21)22/h2-7H,1H3,(H,17,18,20). The second-order valence-electron chi connectivity index (χ2n) is 4.82. The van der Waals surface area contributed by atoms with E-state index in [4.69, 9.17) is 11.6 Å². The Labute approximate surface area is 149 Å². The summed E-state index contributed by atoms with van der Waals surface area (Å²) < 4.78 is 0. The second-order valence-corrected chi connectivity index (χ2v) is 7.40. The van der Waals surface area contributed by atoms with Crippen molar-refractivity contribution in [1.82, 2.24) is 4.98 Å². The summed E-state index contributed by atoms with van der Waals surface area (Å²) in [6, 6.07) is 7.87. The number of anilines is 1. The lowest BCUT2D eigenvalue weighted by molar-refractivity contribution is -0.385. The molecule has 3 aromatic rings. The summed E-state index contributed by atoms with van der Waals surface area (Å²) in [5.74, 6) is -0.596. The first-order valence-electron chi connectivity index (χ1n) is 6.71. The maximum Gasteiger partial charge on any atom is 0.283 e. The summed E-state index contributed by atoms with van der Waals surface area (Å²) in [5.41, 5.74) is 0.359. The van der Waals surface area contributed by atoms with E-state index in [-0.39, 0.29) is 16.3 Å². The fourth-order valence-electron chi connectivity index (χ4n) is 2.03. The molecule has 0 aliphatic carbocycles. The molecule has 6 nitrogen and oxygen atoms in total. The molecular weight excluding hydrogens is 370 g/mol. The van der Waals surface area contributed by atoms with Crippen LogP contribution in [0.4, 0.5) is 10.8 Å². The van der Waals surface area contributed by atoms with E-state index < -0.39 is 10.8 Å². The quantitative estimate of drug-likeness (QED) is 0.511. The minimum atomic E-state index is -0.636. The molecule has 3 rings (SSSR count). The molecule has 24 heavy (non-hydrogen) atoms. The zero-order chi connectivity index (χ0) is 17.3. The van der Waals surface area contributed by atoms with Gasteiger partial charge in [0.1, 0.15) is 5.56 Å². The Hall–Kier alpha value is -2.29. The summed E-state index contributed by atoms with van der Waals surface area (Å²) in [4.78, 5) is 29.3. The van der Waals surface area contributed by atoms with Crippen LogP contribution >= 0.6 is 34.3 Å². The number of amides is 1. The fraction of sp³-hybridized carbons (Fsp3) is 0.0667. The van der Waals surface area contributed by atoms with Crippen LogP contribution in [0.3, 0.4) is 0 Å². The van der Waals surface area contributed by atoms with Crippen LogP contribution in [-0.2, 0) is 0 Å². The van der Waals surface area contributed by atoms with Crippen molar-refractivity contribution in [2.45, 2.75) is 6.92 Å². The third-order valence-electron chi connectivity index (χ3n) is 3.12. The van der Waals surface area contributed by atoms with Crippen LogP contribution in [0, 0.1) is 17.0 Å². The number of nitro benzene ring substituents is 1. The Morgan fingerprint density at radius 2 is 2.12 bits per heavy atom. The highest BCUT2D eigenvalue weighted by Crippen LogP contribution is 2.31. The number of nitrogens with zero attached hydrogens (tertiary/aromatic N) is 2. The molecule has 0 aliphatic heterocycles. The van der Waals surface area contributed by atoms with Gasteiger partial charge >= 0.3 is 0 Å². The largest absolute Gasteiger partial charge is 0.298 e. The molecule has 0 radical (unpaired) electrons. The van der Waals surface area contributed by atoms with Crippen LogP contribution in [0.25, 0.3) is 10.6 Å². The molecule has 2 aromatic heterocycles. The number of nitrogens with one attached hydrogen (secondary N) is 1. The molecule has 0 unspecified atom stereocenters. The number of carbonyl (C=O) groups excluding carboxylic acids is 1. The average Bonchev–Trinajstić information content (AvgIpc) is 3.16. The predicted molar refractivity (Wildman–Crippen MR) is 96.2 cm³/mol. The number of aryl methyl sites for hydroxylation is 1. The van der Waals surface area contributed by atoms with Crippen molar-refractivity contribution in [3.63, 3.8) is 0 Å². The molecule has 1 N–H and O–H groups in total. The fourth-order valence-corrected chi connectivity index (χ4v) is 3.80. The maximum absolute atomic E-state index is 12.3. The van der Waals surface area contributed by atoms with E-state index in [2.05, 4.69) is 10.3 Å². The van der Waals surface area contributed by atoms with Crippen LogP contribution in [0.1, 0.15) is 15.2 Å². The Morgan fingerprint density at radius 1 is 1.33 bits per heavy atom. The Morgan fingerprint density at radius 3 is 2.79 bits per heavy atom. The lowest BCUT2D eigenvalue weighted by Crippen LogP contribution is -2.13. The van der Waals surface area contributed by atoms with Gasteiger partial charge in [-0.25, -0.2) is 4.98 Å². The topological polar surface area (TPSA) is 85.1 Å². The van der Waals surface area contributed by atoms with Gasteiger partial charge in [0.2, 0.25) is 0 Å². The maximum atomic E-state index is 12.3. The van der Waals surface area contributed by atoms with E-state index >= 15 is 0 Å². The van der Waals surface area contributed by atoms with Gasteiger partial charge < -0.3 is 0 Å². The number of aromatic nitrogens is 1. The van der Waals surface area contributed by atoms with Crippen LogP contribution in [0.5, 0.6) is 0 Å². The summed E-state index contributed by atoms with van der Waals surface area (Å²) in [7, 11) is 0. The van der Waals surface area contributed by atoms with E-state index in [9.17, 15) is 14.9 Å². The van der Waals surface area contributed by atoms with E-state index in [1.54, 1.807) is 11.3 Å². The Balaban J connectivity index is 1.83. The summed E-state index contributed by atoms with van der Waals surface area (Å²) in [5, 5.41) is 16.1. The first kappa shape index (κ1) is 16.6. The molecule has 2 heterocycles. The van der Waals surface area contributed by atoms with Gasteiger partial charge in [-0.3, -0.25) is 20.2 Å². The lowest BCUT2D eigenvalue weighted by Gasteiger charge is -2.03. The van der Waals surface area contributed by atoms with Crippen molar-refractivity contribution < 1.29 is 9.72 Å². The number of thiazole rings is 1. The Bertz CT molecular complexity index is 936. The second kappa shape index (κ2) is 6.68. The molecular formula is C15H10ClN3O3S2. The van der Waals surface area contributed by atoms with Gasteiger partial charge in [0.05, 0.1) is 15.5 Å². The highest BCUT2D eigenvalue weighted by Gasteiger charge is 2.21. The molecule has 0 saturated heterocycles. The average molecular weight is 380 g/mol.